The van der Waals surface area contributed by atoms with Gasteiger partial charge in [0.1, 0.15) is 0 Å². The molecule has 0 amide bonds. The van der Waals surface area contributed by atoms with Crippen molar-refractivity contribution >= 4 is 26.0 Å². The van der Waals surface area contributed by atoms with Gasteiger partial charge in [-0.2, -0.15) is 0 Å². The van der Waals surface area contributed by atoms with Crippen LogP contribution in [0.1, 0.15) is 25.3 Å². The summed E-state index contributed by atoms with van der Waals surface area (Å²) in [4.78, 5) is 0.320. The Labute approximate surface area is 129 Å². The van der Waals surface area contributed by atoms with Gasteiger partial charge in [-0.25, -0.2) is 13.1 Å². The minimum Gasteiger partial charge on any atom is -0.381 e. The second-order valence-corrected chi connectivity index (χ2v) is 7.41. The summed E-state index contributed by atoms with van der Waals surface area (Å²) in [5.74, 6) is 0.348. The Bertz CT molecular complexity index is 524. The maximum Gasteiger partial charge on any atom is 0.240 e. The van der Waals surface area contributed by atoms with Crippen LogP contribution in [0.2, 0.25) is 0 Å². The van der Waals surface area contributed by atoms with Crippen molar-refractivity contribution in [2.45, 2.75) is 36.0 Å². The summed E-state index contributed by atoms with van der Waals surface area (Å²) in [5.41, 5.74) is 1.06. The van der Waals surface area contributed by atoms with Crippen LogP contribution in [0.5, 0.6) is 0 Å². The molecule has 0 bridgehead atoms. The molecule has 1 atom stereocenters. The van der Waals surface area contributed by atoms with Crippen LogP contribution in [0.4, 0.5) is 0 Å². The largest absolute Gasteiger partial charge is 0.381 e. The Morgan fingerprint density at radius 2 is 1.90 bits per heavy atom. The van der Waals surface area contributed by atoms with E-state index in [1.54, 1.807) is 12.1 Å². The lowest BCUT2D eigenvalue weighted by Crippen LogP contribution is -2.40. The van der Waals surface area contributed by atoms with E-state index in [1.807, 2.05) is 19.1 Å². The van der Waals surface area contributed by atoms with Crippen molar-refractivity contribution in [3.63, 3.8) is 0 Å². The van der Waals surface area contributed by atoms with E-state index in [1.165, 1.54) is 0 Å². The lowest BCUT2D eigenvalue weighted by Gasteiger charge is -2.28. The summed E-state index contributed by atoms with van der Waals surface area (Å²) < 4.78 is 32.8. The third-order valence-corrected chi connectivity index (χ3v) is 5.92. The molecule has 0 spiro atoms. The summed E-state index contributed by atoms with van der Waals surface area (Å²) in [6, 6.07) is 6.87. The first-order valence-electron chi connectivity index (χ1n) is 6.78. The van der Waals surface area contributed by atoms with Crippen LogP contribution in [0.15, 0.2) is 29.2 Å². The monoisotopic (exact) mass is 361 g/mol. The van der Waals surface area contributed by atoms with E-state index in [2.05, 4.69) is 20.7 Å². The third-order valence-electron chi connectivity index (χ3n) is 3.70. The first-order chi connectivity index (χ1) is 9.53. The molecular weight excluding hydrogens is 342 g/mol. The molecule has 2 rings (SSSR count). The number of hydrogen-bond donors (Lipinski definition) is 1. The van der Waals surface area contributed by atoms with Crippen molar-refractivity contribution in [2.24, 2.45) is 5.92 Å². The van der Waals surface area contributed by atoms with Crippen LogP contribution in [0, 0.1) is 5.92 Å². The summed E-state index contributed by atoms with van der Waals surface area (Å²) in [7, 11) is -3.44. The number of sulfonamides is 1. The van der Waals surface area contributed by atoms with Gasteiger partial charge >= 0.3 is 0 Å². The molecule has 0 saturated carbocycles. The third kappa shape index (κ3) is 4.04. The Morgan fingerprint density at radius 3 is 2.45 bits per heavy atom. The zero-order valence-electron chi connectivity index (χ0n) is 11.5. The zero-order valence-corrected chi connectivity index (χ0v) is 13.9. The molecule has 1 unspecified atom stereocenters. The molecule has 112 valence electrons. The quantitative estimate of drug-likeness (QED) is 0.820. The SMILES string of the molecule is CC(NS(=O)(=O)c1ccc(CBr)cc1)C1CCOCC1. The van der Waals surface area contributed by atoms with Crippen LogP contribution in [-0.2, 0) is 20.1 Å². The van der Waals surface area contributed by atoms with Crippen LogP contribution < -0.4 is 4.72 Å². The van der Waals surface area contributed by atoms with Gasteiger partial charge in [-0.15, -0.1) is 0 Å². The van der Waals surface area contributed by atoms with E-state index < -0.39 is 10.0 Å². The predicted octanol–water partition coefficient (Wildman–Crippen LogP) is 2.67. The van der Waals surface area contributed by atoms with Crippen molar-refractivity contribution in [2.75, 3.05) is 13.2 Å². The summed E-state index contributed by atoms with van der Waals surface area (Å²) in [5, 5.41) is 0.721. The second kappa shape index (κ2) is 7.02. The van der Waals surface area contributed by atoms with Gasteiger partial charge in [0.2, 0.25) is 10.0 Å². The minimum atomic E-state index is -3.44. The smallest absolute Gasteiger partial charge is 0.240 e. The standard InChI is InChI=1S/C14H20BrNO3S/c1-11(13-6-8-19-9-7-13)16-20(17,18)14-4-2-12(10-15)3-5-14/h2-5,11,13,16H,6-10H2,1H3. The number of alkyl halides is 1. The summed E-state index contributed by atoms with van der Waals surface area (Å²) in [6.45, 7) is 3.37. The number of halogens is 1. The van der Waals surface area contributed by atoms with Crippen LogP contribution in [0.25, 0.3) is 0 Å². The molecule has 20 heavy (non-hydrogen) atoms. The molecule has 1 heterocycles. The topological polar surface area (TPSA) is 55.4 Å². The number of ether oxygens (including phenoxy) is 1. The molecule has 1 aromatic rings. The van der Waals surface area contributed by atoms with Gasteiger partial charge in [-0.05, 0) is 43.4 Å². The van der Waals surface area contributed by atoms with E-state index in [4.69, 9.17) is 4.74 Å². The highest BCUT2D eigenvalue weighted by Crippen LogP contribution is 2.20. The molecule has 1 aliphatic rings. The van der Waals surface area contributed by atoms with Crippen molar-refractivity contribution in [3.05, 3.63) is 29.8 Å². The van der Waals surface area contributed by atoms with Crippen molar-refractivity contribution in [1.29, 1.82) is 0 Å². The van der Waals surface area contributed by atoms with Crippen molar-refractivity contribution in [1.82, 2.24) is 4.72 Å². The average Bonchev–Trinajstić information content (AvgIpc) is 2.48. The average molecular weight is 362 g/mol. The lowest BCUT2D eigenvalue weighted by molar-refractivity contribution is 0.0585. The number of rotatable bonds is 5. The summed E-state index contributed by atoms with van der Waals surface area (Å²) in [6.07, 6.45) is 1.82. The number of benzene rings is 1. The Morgan fingerprint density at radius 1 is 1.30 bits per heavy atom. The Balaban J connectivity index is 2.05. The van der Waals surface area contributed by atoms with Crippen LogP contribution in [0.3, 0.4) is 0 Å². The van der Waals surface area contributed by atoms with Gasteiger partial charge in [0.15, 0.2) is 0 Å². The van der Waals surface area contributed by atoms with Crippen LogP contribution in [-0.4, -0.2) is 27.7 Å². The predicted molar refractivity (Wildman–Crippen MR) is 82.4 cm³/mol. The first kappa shape index (κ1) is 15.9. The van der Waals surface area contributed by atoms with Gasteiger partial charge in [-0.3, -0.25) is 0 Å². The maximum absolute atomic E-state index is 12.3. The van der Waals surface area contributed by atoms with Gasteiger partial charge in [0.25, 0.3) is 0 Å². The molecule has 1 aliphatic heterocycles. The van der Waals surface area contributed by atoms with E-state index in [9.17, 15) is 8.42 Å². The second-order valence-electron chi connectivity index (χ2n) is 5.14. The molecule has 4 nitrogen and oxygen atoms in total. The summed E-state index contributed by atoms with van der Waals surface area (Å²) >= 11 is 3.35. The fraction of sp³-hybridized carbons (Fsp3) is 0.571. The van der Waals surface area contributed by atoms with Crippen LogP contribution >= 0.6 is 15.9 Å². The molecule has 0 aliphatic carbocycles. The molecule has 1 aromatic carbocycles. The van der Waals surface area contributed by atoms with E-state index >= 15 is 0 Å². The Kier molecular flexibility index (Phi) is 5.60. The normalized spacial score (nSPS) is 18.9. The fourth-order valence-electron chi connectivity index (χ4n) is 2.38. The molecule has 1 saturated heterocycles. The van der Waals surface area contributed by atoms with Gasteiger partial charge < -0.3 is 4.74 Å². The van der Waals surface area contributed by atoms with E-state index in [0.29, 0.717) is 10.8 Å². The molecule has 6 heteroatoms. The maximum atomic E-state index is 12.3. The van der Waals surface area contributed by atoms with E-state index in [-0.39, 0.29) is 6.04 Å². The van der Waals surface area contributed by atoms with Gasteiger partial charge in [0, 0.05) is 24.6 Å². The number of hydrogen-bond acceptors (Lipinski definition) is 3. The molecule has 1 fully saturated rings. The highest BCUT2D eigenvalue weighted by Gasteiger charge is 2.25. The number of nitrogens with one attached hydrogen (secondary N) is 1. The van der Waals surface area contributed by atoms with Crippen molar-refractivity contribution < 1.29 is 13.2 Å². The lowest BCUT2D eigenvalue weighted by atomic mass is 9.94. The Hall–Kier alpha value is -0.430. The fourth-order valence-corrected chi connectivity index (χ4v) is 4.07. The minimum absolute atomic E-state index is 0.0697. The molecule has 0 aromatic heterocycles. The highest BCUT2D eigenvalue weighted by molar-refractivity contribution is 9.08. The molecular formula is C14H20BrNO3S. The van der Waals surface area contributed by atoms with Gasteiger partial charge in [-0.1, -0.05) is 28.1 Å². The van der Waals surface area contributed by atoms with E-state index in [0.717, 1.165) is 36.9 Å². The molecule has 1 N–H and O–H groups in total. The zero-order chi connectivity index (χ0) is 14.6. The first-order valence-corrected chi connectivity index (χ1v) is 9.38. The van der Waals surface area contributed by atoms with Crippen molar-refractivity contribution in [3.8, 4) is 0 Å². The highest BCUT2D eigenvalue weighted by atomic mass is 79.9. The van der Waals surface area contributed by atoms with Gasteiger partial charge in [0.05, 0.1) is 4.90 Å². The molecule has 0 radical (unpaired) electrons.